The molecule has 8 heteroatoms. The lowest BCUT2D eigenvalue weighted by atomic mass is 10.3. The summed E-state index contributed by atoms with van der Waals surface area (Å²) >= 11 is 1.40. The number of nitrogens with one attached hydrogen (secondary N) is 1. The summed E-state index contributed by atoms with van der Waals surface area (Å²) in [5, 5.41) is 8.30. The van der Waals surface area contributed by atoms with E-state index in [0.29, 0.717) is 6.54 Å². The Kier molecular flexibility index (Phi) is 4.33. The Morgan fingerprint density at radius 1 is 1.43 bits per heavy atom. The number of aryl methyl sites for hydroxylation is 1. The van der Waals surface area contributed by atoms with Crippen molar-refractivity contribution in [2.75, 3.05) is 7.05 Å². The zero-order valence-electron chi connectivity index (χ0n) is 13.2. The van der Waals surface area contributed by atoms with Crippen LogP contribution in [0.2, 0.25) is 0 Å². The van der Waals surface area contributed by atoms with E-state index in [1.165, 1.54) is 11.8 Å². The van der Waals surface area contributed by atoms with Gasteiger partial charge in [-0.3, -0.25) is 4.79 Å². The molecule has 0 radical (unpaired) electrons. The van der Waals surface area contributed by atoms with Crippen LogP contribution in [0.5, 0.6) is 0 Å². The van der Waals surface area contributed by atoms with Gasteiger partial charge >= 0.3 is 0 Å². The quantitative estimate of drug-likeness (QED) is 0.722. The van der Waals surface area contributed by atoms with Crippen molar-refractivity contribution in [1.29, 1.82) is 0 Å². The van der Waals surface area contributed by atoms with Gasteiger partial charge in [-0.15, -0.1) is 10.2 Å². The first-order chi connectivity index (χ1) is 11.0. The lowest BCUT2D eigenvalue weighted by Gasteiger charge is -2.19. The highest BCUT2D eigenvalue weighted by atomic mass is 32.2. The minimum atomic E-state index is -0.243. The van der Waals surface area contributed by atoms with Crippen LogP contribution in [0.15, 0.2) is 35.7 Å². The van der Waals surface area contributed by atoms with E-state index in [1.54, 1.807) is 22.8 Å². The van der Waals surface area contributed by atoms with Crippen LogP contribution >= 0.6 is 11.8 Å². The Labute approximate surface area is 138 Å². The number of aromatic nitrogens is 5. The smallest absolute Gasteiger partial charge is 0.236 e. The third-order valence-corrected chi connectivity index (χ3v) is 4.64. The molecular weight excluding hydrogens is 312 g/mol. The van der Waals surface area contributed by atoms with Gasteiger partial charge in [-0.1, -0.05) is 23.9 Å². The van der Waals surface area contributed by atoms with E-state index in [4.69, 9.17) is 0 Å². The van der Waals surface area contributed by atoms with E-state index in [1.807, 2.05) is 38.2 Å². The summed E-state index contributed by atoms with van der Waals surface area (Å²) in [6, 6.07) is 7.82. The van der Waals surface area contributed by atoms with Crippen molar-refractivity contribution in [3.05, 3.63) is 36.4 Å². The monoisotopic (exact) mass is 330 g/mol. The molecule has 2 aromatic heterocycles. The van der Waals surface area contributed by atoms with Crippen LogP contribution in [0, 0.1) is 0 Å². The molecule has 0 fully saturated rings. The molecule has 0 aliphatic carbocycles. The number of hydrogen-bond acceptors (Lipinski definition) is 5. The molecule has 0 aliphatic rings. The third-order valence-electron chi connectivity index (χ3n) is 3.50. The third kappa shape index (κ3) is 3.37. The number of aromatic amines is 1. The topological polar surface area (TPSA) is 79.7 Å². The van der Waals surface area contributed by atoms with Gasteiger partial charge in [0.2, 0.25) is 5.91 Å². The van der Waals surface area contributed by atoms with Gasteiger partial charge in [0, 0.05) is 14.1 Å². The van der Waals surface area contributed by atoms with Gasteiger partial charge in [-0.05, 0) is 19.1 Å². The molecule has 2 heterocycles. The summed E-state index contributed by atoms with van der Waals surface area (Å²) in [5.74, 6) is 0.802. The SMILES string of the molecule is C[C@@H](Sc1nncn1C)C(=O)N(C)Cc1nc2ccccc2[nH]1. The number of para-hydroxylation sites is 2. The highest BCUT2D eigenvalue weighted by Gasteiger charge is 2.21. The number of nitrogens with zero attached hydrogens (tertiary/aromatic N) is 5. The Morgan fingerprint density at radius 2 is 2.22 bits per heavy atom. The van der Waals surface area contributed by atoms with E-state index in [9.17, 15) is 4.79 Å². The normalized spacial score (nSPS) is 12.5. The number of imidazole rings is 1. The van der Waals surface area contributed by atoms with Crippen molar-refractivity contribution in [1.82, 2.24) is 29.6 Å². The molecule has 23 heavy (non-hydrogen) atoms. The molecule has 0 unspecified atom stereocenters. The Morgan fingerprint density at radius 3 is 2.91 bits per heavy atom. The molecule has 1 amide bonds. The predicted octanol–water partition coefficient (Wildman–Crippen LogP) is 1.83. The number of fused-ring (bicyclic) bond motifs is 1. The first-order valence-electron chi connectivity index (χ1n) is 7.24. The maximum Gasteiger partial charge on any atom is 0.236 e. The molecule has 120 valence electrons. The maximum absolute atomic E-state index is 12.5. The molecule has 0 spiro atoms. The minimum absolute atomic E-state index is 0.0263. The number of H-pyrrole nitrogens is 1. The lowest BCUT2D eigenvalue weighted by molar-refractivity contribution is -0.129. The highest BCUT2D eigenvalue weighted by molar-refractivity contribution is 8.00. The zero-order valence-corrected chi connectivity index (χ0v) is 14.0. The zero-order chi connectivity index (χ0) is 16.4. The molecule has 0 saturated heterocycles. The second-order valence-corrected chi connectivity index (χ2v) is 6.69. The van der Waals surface area contributed by atoms with Gasteiger partial charge in [-0.2, -0.15) is 0 Å². The van der Waals surface area contributed by atoms with Crippen LogP contribution in [0.1, 0.15) is 12.7 Å². The largest absolute Gasteiger partial charge is 0.340 e. The summed E-state index contributed by atoms with van der Waals surface area (Å²) in [7, 11) is 3.64. The fourth-order valence-corrected chi connectivity index (χ4v) is 3.19. The number of carbonyl (C=O) groups excluding carboxylic acids is 1. The van der Waals surface area contributed by atoms with Crippen molar-refractivity contribution in [3.63, 3.8) is 0 Å². The van der Waals surface area contributed by atoms with Crippen molar-refractivity contribution in [2.24, 2.45) is 7.05 Å². The number of amides is 1. The second kappa shape index (κ2) is 6.41. The molecular formula is C15H18N6OS. The first-order valence-corrected chi connectivity index (χ1v) is 8.12. The van der Waals surface area contributed by atoms with Crippen LogP contribution < -0.4 is 0 Å². The second-order valence-electron chi connectivity index (χ2n) is 5.38. The average Bonchev–Trinajstić information content (AvgIpc) is 3.12. The number of rotatable bonds is 5. The summed E-state index contributed by atoms with van der Waals surface area (Å²) in [6.45, 7) is 2.31. The van der Waals surface area contributed by atoms with Crippen molar-refractivity contribution >= 4 is 28.7 Å². The Balaban J connectivity index is 1.65. The highest BCUT2D eigenvalue weighted by Crippen LogP contribution is 2.22. The Hall–Kier alpha value is -2.35. The molecule has 7 nitrogen and oxygen atoms in total. The minimum Gasteiger partial charge on any atom is -0.340 e. The van der Waals surface area contributed by atoms with E-state index in [0.717, 1.165) is 22.0 Å². The summed E-state index contributed by atoms with van der Waals surface area (Å²) < 4.78 is 1.80. The summed E-state index contributed by atoms with van der Waals surface area (Å²) in [5.41, 5.74) is 1.88. The maximum atomic E-state index is 12.5. The van der Waals surface area contributed by atoms with Crippen LogP contribution in [0.25, 0.3) is 11.0 Å². The van der Waals surface area contributed by atoms with Gasteiger partial charge in [0.25, 0.3) is 0 Å². The molecule has 1 atom stereocenters. The fourth-order valence-electron chi connectivity index (χ4n) is 2.28. The molecule has 0 aliphatic heterocycles. The van der Waals surface area contributed by atoms with Gasteiger partial charge < -0.3 is 14.5 Å². The molecule has 0 bridgehead atoms. The van der Waals surface area contributed by atoms with E-state index < -0.39 is 0 Å². The molecule has 0 saturated carbocycles. The van der Waals surface area contributed by atoms with Crippen LogP contribution in [0.4, 0.5) is 0 Å². The van der Waals surface area contributed by atoms with Crippen molar-refractivity contribution in [2.45, 2.75) is 23.9 Å². The number of hydrogen-bond donors (Lipinski definition) is 1. The van der Waals surface area contributed by atoms with E-state index in [2.05, 4.69) is 20.2 Å². The van der Waals surface area contributed by atoms with Crippen molar-refractivity contribution in [3.8, 4) is 0 Å². The predicted molar refractivity (Wildman–Crippen MR) is 88.9 cm³/mol. The molecule has 1 aromatic carbocycles. The van der Waals surface area contributed by atoms with Gasteiger partial charge in [-0.25, -0.2) is 4.98 Å². The summed E-state index contributed by atoms with van der Waals surface area (Å²) in [6.07, 6.45) is 1.62. The van der Waals surface area contributed by atoms with Gasteiger partial charge in [0.1, 0.15) is 12.2 Å². The standard InChI is InChI=1S/C15H18N6OS/c1-10(23-15-19-16-9-21(15)3)14(22)20(2)8-13-17-11-6-4-5-7-12(11)18-13/h4-7,9-10H,8H2,1-3H3,(H,17,18)/t10-/m1/s1. The van der Waals surface area contributed by atoms with E-state index in [-0.39, 0.29) is 11.2 Å². The summed E-state index contributed by atoms with van der Waals surface area (Å²) in [4.78, 5) is 21.9. The van der Waals surface area contributed by atoms with Gasteiger partial charge in [0.05, 0.1) is 22.8 Å². The van der Waals surface area contributed by atoms with E-state index >= 15 is 0 Å². The van der Waals surface area contributed by atoms with Crippen molar-refractivity contribution < 1.29 is 4.79 Å². The number of thioether (sulfide) groups is 1. The Bertz CT molecular complexity index is 793. The van der Waals surface area contributed by atoms with Crippen LogP contribution in [-0.4, -0.2) is 47.8 Å². The molecule has 3 rings (SSSR count). The molecule has 3 aromatic rings. The number of benzene rings is 1. The fraction of sp³-hybridized carbons (Fsp3) is 0.333. The molecule has 1 N–H and O–H groups in total. The van der Waals surface area contributed by atoms with Crippen LogP contribution in [0.3, 0.4) is 0 Å². The number of carbonyl (C=O) groups is 1. The first kappa shape index (κ1) is 15.5. The lowest BCUT2D eigenvalue weighted by Crippen LogP contribution is -2.33. The average molecular weight is 330 g/mol. The van der Waals surface area contributed by atoms with Crippen LogP contribution in [-0.2, 0) is 18.4 Å². The van der Waals surface area contributed by atoms with Gasteiger partial charge in [0.15, 0.2) is 5.16 Å².